The molecule has 2 nitrogen and oxygen atoms in total. The van der Waals surface area contributed by atoms with Crippen molar-refractivity contribution in [1.29, 1.82) is 0 Å². The topological polar surface area (TPSA) is 21.6 Å². The Morgan fingerprint density at radius 3 is 2.60 bits per heavy atom. The molecule has 0 atom stereocenters. The molecule has 0 saturated heterocycles. The van der Waals surface area contributed by atoms with Gasteiger partial charge in [0, 0.05) is 0 Å². The summed E-state index contributed by atoms with van der Waals surface area (Å²) in [5.41, 5.74) is 0. The van der Waals surface area contributed by atoms with Gasteiger partial charge in [0.25, 0.3) is 0 Å². The molecule has 0 aliphatic carbocycles. The summed E-state index contributed by atoms with van der Waals surface area (Å²) >= 11 is 0. The Kier molecular flexibility index (Phi) is 3.24. The van der Waals surface area contributed by atoms with Crippen LogP contribution >= 0.6 is 0 Å². The Morgan fingerprint density at radius 1 is 2.00 bits per heavy atom. The summed E-state index contributed by atoms with van der Waals surface area (Å²) < 4.78 is 0. The highest BCUT2D eigenvalue weighted by Crippen LogP contribution is 1.64. The molecule has 5 heavy (non-hydrogen) atoms. The van der Waals surface area contributed by atoms with Crippen molar-refractivity contribution in [2.75, 3.05) is 0 Å². The minimum absolute atomic E-state index is 1.27. The predicted octanol–water partition coefficient (Wildman–Crippen LogP) is -0.122. The van der Waals surface area contributed by atoms with E-state index in [1.165, 1.54) is 16.3 Å². The van der Waals surface area contributed by atoms with Crippen LogP contribution in [0.4, 0.5) is 0 Å². The van der Waals surface area contributed by atoms with E-state index in [-0.39, 0.29) is 0 Å². The van der Waals surface area contributed by atoms with E-state index in [0.29, 0.717) is 0 Å². The van der Waals surface area contributed by atoms with Crippen molar-refractivity contribution >= 4 is 10.0 Å². The lowest BCUT2D eigenvalue weighted by Crippen LogP contribution is -1.55. The van der Waals surface area contributed by atoms with E-state index in [4.69, 9.17) is 0 Å². The first-order valence-corrected chi connectivity index (χ1v) is 1.78. The number of rotatable bonds is 2. The molecule has 0 fully saturated rings. The maximum Gasteiger partial charge on any atom is 0.149 e. The molecule has 3 heteroatoms. The second-order valence-electron chi connectivity index (χ2n) is 0.401. The van der Waals surface area contributed by atoms with Crippen LogP contribution in [0, 0.1) is 0 Å². The van der Waals surface area contributed by atoms with E-state index in [9.17, 15) is 0 Å². The molecule has 0 aliphatic rings. The summed E-state index contributed by atoms with van der Waals surface area (Å²) in [7, 11) is 1.38. The SMILES string of the molecule is C=CON=[SiH2]. The number of hydrogen-bond acceptors (Lipinski definition) is 2. The fourth-order valence-electron chi connectivity index (χ4n) is 0.0527. The zero-order valence-corrected chi connectivity index (χ0v) is 4.26. The zero-order valence-electron chi connectivity index (χ0n) is 2.85. The molecular weight excluding hydrogens is 82.1 g/mol. The Balaban J connectivity index is 2.65. The molecule has 0 aromatic carbocycles. The highest BCUT2D eigenvalue weighted by atomic mass is 28.1. The van der Waals surface area contributed by atoms with Gasteiger partial charge in [0.2, 0.25) is 0 Å². The van der Waals surface area contributed by atoms with Crippen molar-refractivity contribution in [3.05, 3.63) is 12.8 Å². The summed E-state index contributed by atoms with van der Waals surface area (Å²) in [5, 5.41) is 0. The maximum absolute atomic E-state index is 4.23. The number of nitrogens with zero attached hydrogens (tertiary/aromatic N) is 1. The average molecular weight is 87.2 g/mol. The molecule has 0 spiro atoms. The summed E-state index contributed by atoms with van der Waals surface area (Å²) in [6, 6.07) is 0. The van der Waals surface area contributed by atoms with Crippen LogP contribution in [0.15, 0.2) is 17.6 Å². The van der Waals surface area contributed by atoms with Crippen molar-refractivity contribution in [2.45, 2.75) is 0 Å². The minimum Gasteiger partial charge on any atom is -0.377 e. The first kappa shape index (κ1) is 4.56. The molecule has 0 saturated carbocycles. The standard InChI is InChI=1S/C2H5NOSi/c1-2-4-3-5/h2H,1,5H2. The van der Waals surface area contributed by atoms with Crippen molar-refractivity contribution in [1.82, 2.24) is 0 Å². The van der Waals surface area contributed by atoms with Crippen LogP contribution in [0.5, 0.6) is 0 Å². The molecule has 0 bridgehead atoms. The van der Waals surface area contributed by atoms with Crippen LogP contribution in [0.25, 0.3) is 0 Å². The highest BCUT2D eigenvalue weighted by molar-refractivity contribution is 5.91. The zero-order chi connectivity index (χ0) is 4.12. The molecule has 0 unspecified atom stereocenters. The second-order valence-corrected chi connectivity index (χ2v) is 0.659. The molecule has 0 radical (unpaired) electrons. The third-order valence-electron chi connectivity index (χ3n) is 0.149. The van der Waals surface area contributed by atoms with Crippen LogP contribution in [0.3, 0.4) is 0 Å². The van der Waals surface area contributed by atoms with Gasteiger partial charge in [0.05, 0.1) is 0 Å². The third kappa shape index (κ3) is 3.56. The monoisotopic (exact) mass is 87.0 g/mol. The van der Waals surface area contributed by atoms with Gasteiger partial charge in [0.1, 0.15) is 16.3 Å². The van der Waals surface area contributed by atoms with Gasteiger partial charge in [-0.3, -0.25) is 0 Å². The normalized spacial score (nSPS) is 5.60. The molecule has 0 aromatic rings. The van der Waals surface area contributed by atoms with Crippen LogP contribution in [-0.2, 0) is 4.84 Å². The Bertz CT molecular complexity index is 38.9. The minimum atomic E-state index is 1.27. The lowest BCUT2D eigenvalue weighted by molar-refractivity contribution is 0.276. The molecule has 0 aliphatic heterocycles. The molecule has 0 rings (SSSR count). The molecule has 0 aromatic heterocycles. The van der Waals surface area contributed by atoms with Crippen molar-refractivity contribution in [3.63, 3.8) is 0 Å². The average Bonchev–Trinajstić information content (AvgIpc) is 1.41. The molecule has 0 amide bonds. The van der Waals surface area contributed by atoms with Gasteiger partial charge >= 0.3 is 0 Å². The largest absolute Gasteiger partial charge is 0.377 e. The van der Waals surface area contributed by atoms with Crippen molar-refractivity contribution in [3.8, 4) is 0 Å². The van der Waals surface area contributed by atoms with E-state index in [0.717, 1.165) is 0 Å². The summed E-state index contributed by atoms with van der Waals surface area (Å²) in [6.45, 7) is 3.24. The van der Waals surface area contributed by atoms with Crippen molar-refractivity contribution in [2.24, 2.45) is 4.80 Å². The van der Waals surface area contributed by atoms with Gasteiger partial charge in [0.15, 0.2) is 0 Å². The van der Waals surface area contributed by atoms with Gasteiger partial charge in [-0.2, -0.15) is 4.80 Å². The molecule has 28 valence electrons. The van der Waals surface area contributed by atoms with E-state index in [2.05, 4.69) is 16.2 Å². The van der Waals surface area contributed by atoms with E-state index >= 15 is 0 Å². The Morgan fingerprint density at radius 2 is 2.60 bits per heavy atom. The Labute approximate surface area is 33.6 Å². The van der Waals surface area contributed by atoms with Crippen LogP contribution in [0.1, 0.15) is 0 Å². The fraction of sp³-hybridized carbons (Fsp3) is 0. The molecule has 0 N–H and O–H groups in total. The second kappa shape index (κ2) is 3.56. The summed E-state index contributed by atoms with van der Waals surface area (Å²) in [6.07, 6.45) is 1.27. The van der Waals surface area contributed by atoms with Crippen LogP contribution < -0.4 is 0 Å². The fourth-order valence-corrected chi connectivity index (χ4v) is 0.158. The molecular formula is C2H5NOSi. The highest BCUT2D eigenvalue weighted by Gasteiger charge is 1.45. The van der Waals surface area contributed by atoms with Gasteiger partial charge < -0.3 is 4.84 Å². The number of hydrogen-bond donors (Lipinski definition) is 0. The van der Waals surface area contributed by atoms with Crippen molar-refractivity contribution < 1.29 is 4.84 Å². The van der Waals surface area contributed by atoms with Gasteiger partial charge in [-0.1, -0.05) is 6.58 Å². The summed E-state index contributed by atoms with van der Waals surface area (Å²) in [4.78, 5) is 7.50. The van der Waals surface area contributed by atoms with Crippen LogP contribution in [-0.4, -0.2) is 10.0 Å². The Hall–Kier alpha value is -0.443. The first-order chi connectivity index (χ1) is 2.41. The quantitative estimate of drug-likeness (QED) is 0.261. The van der Waals surface area contributed by atoms with Crippen LogP contribution in [0.2, 0.25) is 0 Å². The molecule has 0 heterocycles. The van der Waals surface area contributed by atoms with E-state index in [1.807, 2.05) is 0 Å². The predicted molar refractivity (Wildman–Crippen MR) is 22.3 cm³/mol. The van der Waals surface area contributed by atoms with Gasteiger partial charge in [-0.15, -0.1) is 0 Å². The van der Waals surface area contributed by atoms with E-state index in [1.54, 1.807) is 0 Å². The van der Waals surface area contributed by atoms with Gasteiger partial charge in [-0.25, -0.2) is 0 Å². The maximum atomic E-state index is 4.23. The summed E-state index contributed by atoms with van der Waals surface area (Å²) in [5.74, 6) is 0. The third-order valence-corrected chi connectivity index (χ3v) is 0.298. The van der Waals surface area contributed by atoms with Gasteiger partial charge in [-0.05, 0) is 0 Å². The smallest absolute Gasteiger partial charge is 0.149 e. The lowest BCUT2D eigenvalue weighted by atomic mass is 11.2. The van der Waals surface area contributed by atoms with E-state index < -0.39 is 0 Å². The lowest BCUT2D eigenvalue weighted by Gasteiger charge is -1.76. The first-order valence-electron chi connectivity index (χ1n) is 1.14.